The molecular weight excluding hydrogens is 293 g/mol. The molecule has 114 valence electrons. The van der Waals surface area contributed by atoms with Gasteiger partial charge < -0.3 is 9.32 Å². The lowest BCUT2D eigenvalue weighted by Gasteiger charge is -2.15. The fourth-order valence-corrected chi connectivity index (χ4v) is 2.32. The predicted octanol–water partition coefficient (Wildman–Crippen LogP) is 3.99. The van der Waals surface area contributed by atoms with Crippen molar-refractivity contribution in [2.75, 3.05) is 11.9 Å². The molecule has 0 fully saturated rings. The van der Waals surface area contributed by atoms with Crippen LogP contribution in [0.1, 0.15) is 11.3 Å². The van der Waals surface area contributed by atoms with Crippen LogP contribution in [0.15, 0.2) is 59.0 Å². The Morgan fingerprint density at radius 1 is 1.13 bits per heavy atom. The van der Waals surface area contributed by atoms with Crippen molar-refractivity contribution in [1.82, 2.24) is 4.98 Å². The van der Waals surface area contributed by atoms with Gasteiger partial charge in [-0.2, -0.15) is 10.2 Å². The van der Waals surface area contributed by atoms with E-state index in [2.05, 4.69) is 4.98 Å². The Bertz CT molecular complexity index is 852. The second-order valence-corrected chi connectivity index (χ2v) is 5.11. The van der Waals surface area contributed by atoms with E-state index in [1.165, 1.54) is 6.07 Å². The normalized spacial score (nSPS) is 10.3. The van der Waals surface area contributed by atoms with Gasteiger partial charge in [-0.15, -0.1) is 0 Å². The molecule has 0 aliphatic rings. The first-order valence-electron chi connectivity index (χ1n) is 7.10. The number of anilines is 1. The Morgan fingerprint density at radius 3 is 2.52 bits per heavy atom. The van der Waals surface area contributed by atoms with Crippen LogP contribution in [0.3, 0.4) is 0 Å². The third-order valence-electron chi connectivity index (χ3n) is 3.43. The van der Waals surface area contributed by atoms with Gasteiger partial charge in [0.25, 0.3) is 0 Å². The summed E-state index contributed by atoms with van der Waals surface area (Å²) in [6, 6.07) is 18.0. The molecule has 0 N–H and O–H groups in total. The minimum absolute atomic E-state index is 0.106. The topological polar surface area (TPSA) is 53.1 Å². The zero-order valence-electron chi connectivity index (χ0n) is 12.5. The predicted molar refractivity (Wildman–Crippen MR) is 85.2 cm³/mol. The smallest absolute Gasteiger partial charge is 0.235 e. The average molecular weight is 307 g/mol. The summed E-state index contributed by atoms with van der Waals surface area (Å²) in [6.45, 7) is 0.557. The summed E-state index contributed by atoms with van der Waals surface area (Å²) in [5.41, 5.74) is 1.45. The summed E-state index contributed by atoms with van der Waals surface area (Å²) < 4.78 is 19.5. The van der Waals surface area contributed by atoms with E-state index in [0.717, 1.165) is 5.56 Å². The highest BCUT2D eigenvalue weighted by Gasteiger charge is 2.19. The fourth-order valence-electron chi connectivity index (χ4n) is 2.32. The van der Waals surface area contributed by atoms with Crippen molar-refractivity contribution in [2.45, 2.75) is 6.54 Å². The summed E-state index contributed by atoms with van der Waals surface area (Å²) >= 11 is 0. The SMILES string of the molecule is CN(Cc1ccccc1)c1oc(-c2ccccc2F)nc1C#N. The van der Waals surface area contributed by atoms with E-state index >= 15 is 0 Å². The van der Waals surface area contributed by atoms with Gasteiger partial charge in [-0.1, -0.05) is 42.5 Å². The van der Waals surface area contributed by atoms with Crippen LogP contribution < -0.4 is 4.90 Å². The van der Waals surface area contributed by atoms with E-state index < -0.39 is 5.82 Å². The molecule has 0 amide bonds. The Hall–Kier alpha value is -3.13. The third kappa shape index (κ3) is 3.06. The van der Waals surface area contributed by atoms with Gasteiger partial charge in [-0.25, -0.2) is 4.39 Å². The van der Waals surface area contributed by atoms with Crippen LogP contribution in [0.5, 0.6) is 0 Å². The number of oxazole rings is 1. The molecule has 3 rings (SSSR count). The molecule has 4 nitrogen and oxygen atoms in total. The molecule has 1 aromatic heterocycles. The zero-order valence-corrected chi connectivity index (χ0v) is 12.5. The quantitative estimate of drug-likeness (QED) is 0.731. The molecule has 0 spiro atoms. The van der Waals surface area contributed by atoms with Gasteiger partial charge in [0.15, 0.2) is 0 Å². The van der Waals surface area contributed by atoms with E-state index in [0.29, 0.717) is 12.4 Å². The summed E-state index contributed by atoms with van der Waals surface area (Å²) in [4.78, 5) is 5.90. The number of halogens is 1. The number of aromatic nitrogens is 1. The maximum Gasteiger partial charge on any atom is 0.235 e. The number of nitrogens with zero attached hydrogens (tertiary/aromatic N) is 3. The van der Waals surface area contributed by atoms with Crippen molar-refractivity contribution in [3.05, 3.63) is 71.7 Å². The third-order valence-corrected chi connectivity index (χ3v) is 3.43. The average Bonchev–Trinajstić information content (AvgIpc) is 3.00. The summed E-state index contributed by atoms with van der Waals surface area (Å²) in [5.74, 6) is -0.000306. The van der Waals surface area contributed by atoms with Crippen molar-refractivity contribution in [3.63, 3.8) is 0 Å². The molecule has 0 aliphatic heterocycles. The van der Waals surface area contributed by atoms with E-state index in [4.69, 9.17) is 4.42 Å². The van der Waals surface area contributed by atoms with Crippen LogP contribution in [0.2, 0.25) is 0 Å². The zero-order chi connectivity index (χ0) is 16.2. The first kappa shape index (κ1) is 14.8. The minimum atomic E-state index is -0.435. The van der Waals surface area contributed by atoms with Crippen molar-refractivity contribution in [2.24, 2.45) is 0 Å². The van der Waals surface area contributed by atoms with Gasteiger partial charge in [0.2, 0.25) is 17.5 Å². The Labute approximate surface area is 133 Å². The first-order valence-corrected chi connectivity index (χ1v) is 7.10. The molecule has 2 aromatic carbocycles. The minimum Gasteiger partial charge on any atom is -0.419 e. The lowest BCUT2D eigenvalue weighted by molar-refractivity contribution is 0.551. The highest BCUT2D eigenvalue weighted by molar-refractivity contribution is 5.60. The van der Waals surface area contributed by atoms with Crippen LogP contribution >= 0.6 is 0 Å². The second kappa shape index (κ2) is 6.32. The summed E-state index contributed by atoms with van der Waals surface area (Å²) in [6.07, 6.45) is 0. The van der Waals surface area contributed by atoms with Crippen LogP contribution in [0.4, 0.5) is 10.3 Å². The highest BCUT2D eigenvalue weighted by atomic mass is 19.1. The van der Waals surface area contributed by atoms with Gasteiger partial charge >= 0.3 is 0 Å². The van der Waals surface area contributed by atoms with Gasteiger partial charge in [0, 0.05) is 13.6 Å². The van der Waals surface area contributed by atoms with E-state index in [9.17, 15) is 9.65 Å². The van der Waals surface area contributed by atoms with E-state index in [1.54, 1.807) is 30.1 Å². The second-order valence-electron chi connectivity index (χ2n) is 5.11. The molecule has 0 aliphatic carbocycles. The molecule has 3 aromatic rings. The maximum atomic E-state index is 13.9. The molecule has 1 heterocycles. The monoisotopic (exact) mass is 307 g/mol. The Morgan fingerprint density at radius 2 is 1.83 bits per heavy atom. The molecule has 0 atom stereocenters. The van der Waals surface area contributed by atoms with Crippen molar-refractivity contribution in [3.8, 4) is 17.5 Å². The van der Waals surface area contributed by atoms with Crippen LogP contribution in [0.25, 0.3) is 11.5 Å². The lowest BCUT2D eigenvalue weighted by atomic mass is 10.2. The Kier molecular flexibility index (Phi) is 4.07. The molecule has 0 bridgehead atoms. The lowest BCUT2D eigenvalue weighted by Crippen LogP contribution is -2.16. The molecule has 23 heavy (non-hydrogen) atoms. The van der Waals surface area contributed by atoms with Gasteiger partial charge in [0.05, 0.1) is 5.56 Å². The maximum absolute atomic E-state index is 13.9. The van der Waals surface area contributed by atoms with Crippen LogP contribution in [-0.4, -0.2) is 12.0 Å². The first-order chi connectivity index (χ1) is 11.2. The standard InChI is InChI=1S/C18H14FN3O/c1-22(12-13-7-3-2-4-8-13)18-16(11-20)21-17(23-18)14-9-5-6-10-15(14)19/h2-10H,12H2,1H3. The van der Waals surface area contributed by atoms with Gasteiger partial charge in [0.1, 0.15) is 11.9 Å². The number of benzene rings is 2. The van der Waals surface area contributed by atoms with Gasteiger partial charge in [-0.05, 0) is 17.7 Å². The highest BCUT2D eigenvalue weighted by Crippen LogP contribution is 2.29. The molecule has 0 unspecified atom stereocenters. The molecule has 5 heteroatoms. The summed E-state index contributed by atoms with van der Waals surface area (Å²) in [7, 11) is 1.81. The molecular formula is C18H14FN3O. The van der Waals surface area contributed by atoms with Crippen LogP contribution in [-0.2, 0) is 6.54 Å². The Balaban J connectivity index is 1.94. The number of rotatable bonds is 4. The number of hydrogen-bond acceptors (Lipinski definition) is 4. The number of nitriles is 1. The van der Waals surface area contributed by atoms with Crippen molar-refractivity contribution in [1.29, 1.82) is 5.26 Å². The summed E-state index contributed by atoms with van der Waals surface area (Å²) in [5, 5.41) is 9.27. The fraction of sp³-hybridized carbons (Fsp3) is 0.111. The van der Waals surface area contributed by atoms with Gasteiger partial charge in [-0.3, -0.25) is 0 Å². The van der Waals surface area contributed by atoms with E-state index in [-0.39, 0.29) is 17.1 Å². The van der Waals surface area contributed by atoms with Crippen molar-refractivity contribution < 1.29 is 8.81 Å². The molecule has 0 saturated carbocycles. The van der Waals surface area contributed by atoms with Crippen molar-refractivity contribution >= 4 is 5.88 Å². The number of hydrogen-bond donors (Lipinski definition) is 0. The largest absolute Gasteiger partial charge is 0.419 e. The molecule has 0 saturated heterocycles. The van der Waals surface area contributed by atoms with E-state index in [1.807, 2.05) is 36.4 Å². The molecule has 0 radical (unpaired) electrons. The van der Waals surface area contributed by atoms with Crippen LogP contribution in [0, 0.1) is 17.1 Å².